The van der Waals surface area contributed by atoms with E-state index in [1.54, 1.807) is 6.07 Å². The molecule has 3 heterocycles. The van der Waals surface area contributed by atoms with Crippen molar-refractivity contribution in [1.29, 1.82) is 0 Å². The number of aromatic nitrogens is 1. The normalized spacial score (nSPS) is 17.5. The van der Waals surface area contributed by atoms with Gasteiger partial charge in [0.05, 0.1) is 12.2 Å². The van der Waals surface area contributed by atoms with Crippen molar-refractivity contribution in [3.8, 4) is 0 Å². The van der Waals surface area contributed by atoms with Gasteiger partial charge < -0.3 is 20.0 Å². The second-order valence-corrected chi connectivity index (χ2v) is 7.81. The predicted octanol–water partition coefficient (Wildman–Crippen LogP) is 3.11. The number of guanidine groups is 1. The minimum atomic E-state index is -0.155. The molecule has 0 aliphatic carbocycles. The molecular weight excluding hydrogens is 379 g/mol. The third kappa shape index (κ3) is 4.83. The van der Waals surface area contributed by atoms with Crippen molar-refractivity contribution in [2.45, 2.75) is 26.3 Å². The van der Waals surface area contributed by atoms with E-state index in [1.165, 1.54) is 24.5 Å². The van der Waals surface area contributed by atoms with E-state index in [0.717, 1.165) is 57.6 Å². The van der Waals surface area contributed by atoms with Crippen LogP contribution in [0.1, 0.15) is 25.3 Å². The van der Waals surface area contributed by atoms with Gasteiger partial charge >= 0.3 is 0 Å². The fraction of sp³-hybridized carbons (Fsp3) is 0.478. The summed E-state index contributed by atoms with van der Waals surface area (Å²) < 4.78 is 14.1. The summed E-state index contributed by atoms with van der Waals surface area (Å²) in [5, 5.41) is 3.42. The number of para-hydroxylation sites is 1. The van der Waals surface area contributed by atoms with Crippen LogP contribution in [-0.4, -0.2) is 61.7 Å². The topological polar surface area (TPSA) is 47.0 Å². The Bertz CT molecular complexity index is 856. The van der Waals surface area contributed by atoms with Gasteiger partial charge in [-0.2, -0.15) is 0 Å². The maximum atomic E-state index is 14.1. The Morgan fingerprint density at radius 3 is 2.53 bits per heavy atom. The average Bonchev–Trinajstić information content (AvgIpc) is 3.33. The molecule has 2 fully saturated rings. The molecule has 0 saturated carbocycles. The summed E-state index contributed by atoms with van der Waals surface area (Å²) in [5.74, 6) is 1.83. The fourth-order valence-corrected chi connectivity index (χ4v) is 4.14. The van der Waals surface area contributed by atoms with Gasteiger partial charge in [0.2, 0.25) is 0 Å². The zero-order valence-corrected chi connectivity index (χ0v) is 17.7. The average molecular weight is 411 g/mol. The van der Waals surface area contributed by atoms with Gasteiger partial charge in [-0.15, -0.1) is 0 Å². The lowest BCUT2D eigenvalue weighted by molar-refractivity contribution is 0.370. The highest BCUT2D eigenvalue weighted by molar-refractivity contribution is 5.80. The number of pyridine rings is 1. The summed E-state index contributed by atoms with van der Waals surface area (Å²) in [4.78, 5) is 16.1. The third-order valence-corrected chi connectivity index (χ3v) is 5.76. The van der Waals surface area contributed by atoms with Crippen LogP contribution in [0.15, 0.2) is 47.6 Å². The van der Waals surface area contributed by atoms with Gasteiger partial charge in [0.1, 0.15) is 11.6 Å². The molecule has 7 heteroatoms. The van der Waals surface area contributed by atoms with Gasteiger partial charge in [0.15, 0.2) is 5.96 Å². The molecule has 2 aromatic rings. The van der Waals surface area contributed by atoms with Gasteiger partial charge in [-0.3, -0.25) is 0 Å². The zero-order valence-electron chi connectivity index (χ0n) is 17.7. The molecule has 0 unspecified atom stereocenters. The van der Waals surface area contributed by atoms with Crippen molar-refractivity contribution < 1.29 is 4.39 Å². The Morgan fingerprint density at radius 2 is 1.80 bits per heavy atom. The van der Waals surface area contributed by atoms with Gasteiger partial charge in [-0.25, -0.2) is 14.4 Å². The van der Waals surface area contributed by atoms with Crippen molar-refractivity contribution in [3.63, 3.8) is 0 Å². The second kappa shape index (κ2) is 9.78. The Labute approximate surface area is 178 Å². The lowest BCUT2D eigenvalue weighted by atomic mass is 10.2. The SMILES string of the molecule is CCNC(=NCc1ccnc(N2CCCC2)c1)N1CCN(c2ccccc2F)CC1. The van der Waals surface area contributed by atoms with Gasteiger partial charge in [0.25, 0.3) is 0 Å². The molecule has 1 aromatic carbocycles. The van der Waals surface area contributed by atoms with Crippen LogP contribution in [0.4, 0.5) is 15.9 Å². The second-order valence-electron chi connectivity index (χ2n) is 7.81. The number of piperazine rings is 1. The summed E-state index contributed by atoms with van der Waals surface area (Å²) >= 11 is 0. The molecule has 2 saturated heterocycles. The van der Waals surface area contributed by atoms with Crippen LogP contribution in [0.3, 0.4) is 0 Å². The fourth-order valence-electron chi connectivity index (χ4n) is 4.14. The molecule has 0 spiro atoms. The highest BCUT2D eigenvalue weighted by atomic mass is 19.1. The summed E-state index contributed by atoms with van der Waals surface area (Å²) in [5.41, 5.74) is 1.86. The highest BCUT2D eigenvalue weighted by Gasteiger charge is 2.21. The van der Waals surface area contributed by atoms with E-state index in [-0.39, 0.29) is 5.82 Å². The lowest BCUT2D eigenvalue weighted by Crippen LogP contribution is -2.52. The molecular formula is C23H31FN6. The van der Waals surface area contributed by atoms with E-state index in [1.807, 2.05) is 24.4 Å². The van der Waals surface area contributed by atoms with Crippen LogP contribution in [0.5, 0.6) is 0 Å². The van der Waals surface area contributed by atoms with E-state index in [0.29, 0.717) is 12.2 Å². The number of aliphatic imine (C=N–C) groups is 1. The number of anilines is 2. The first-order chi connectivity index (χ1) is 14.7. The molecule has 2 aliphatic heterocycles. The lowest BCUT2D eigenvalue weighted by Gasteiger charge is -2.37. The molecule has 160 valence electrons. The minimum Gasteiger partial charge on any atom is -0.366 e. The molecule has 1 N–H and O–H groups in total. The van der Waals surface area contributed by atoms with Crippen LogP contribution in [0.25, 0.3) is 0 Å². The molecule has 30 heavy (non-hydrogen) atoms. The summed E-state index contributed by atoms with van der Waals surface area (Å²) in [6, 6.07) is 11.2. The Morgan fingerprint density at radius 1 is 1.03 bits per heavy atom. The van der Waals surface area contributed by atoms with Crippen molar-refractivity contribution in [2.75, 3.05) is 55.6 Å². The van der Waals surface area contributed by atoms with Crippen molar-refractivity contribution in [1.82, 2.24) is 15.2 Å². The van der Waals surface area contributed by atoms with E-state index in [2.05, 4.69) is 38.0 Å². The van der Waals surface area contributed by atoms with Gasteiger partial charge in [-0.1, -0.05) is 12.1 Å². The number of nitrogens with one attached hydrogen (secondary N) is 1. The van der Waals surface area contributed by atoms with E-state index < -0.39 is 0 Å². The first-order valence-electron chi connectivity index (χ1n) is 11.0. The Kier molecular flexibility index (Phi) is 6.67. The largest absolute Gasteiger partial charge is 0.366 e. The quantitative estimate of drug-likeness (QED) is 0.606. The number of hydrogen-bond donors (Lipinski definition) is 1. The molecule has 0 radical (unpaired) electrons. The van der Waals surface area contributed by atoms with Crippen LogP contribution in [0.2, 0.25) is 0 Å². The Balaban J connectivity index is 1.40. The Hall–Kier alpha value is -2.83. The van der Waals surface area contributed by atoms with Crippen molar-refractivity contribution in [3.05, 3.63) is 54.0 Å². The zero-order chi connectivity index (χ0) is 20.8. The standard InChI is InChI=1S/C23H31FN6/c1-2-25-23(27-18-19-9-10-26-22(17-19)29-11-5-6-12-29)30-15-13-28(14-16-30)21-8-4-3-7-20(21)24/h3-4,7-10,17H,2,5-6,11-16,18H2,1H3,(H,25,27). The van der Waals surface area contributed by atoms with Crippen LogP contribution >= 0.6 is 0 Å². The first-order valence-corrected chi connectivity index (χ1v) is 11.0. The van der Waals surface area contributed by atoms with E-state index in [4.69, 9.17) is 4.99 Å². The van der Waals surface area contributed by atoms with Crippen LogP contribution in [0, 0.1) is 5.82 Å². The summed E-state index contributed by atoms with van der Waals surface area (Å²) in [7, 11) is 0. The van der Waals surface area contributed by atoms with Crippen LogP contribution in [-0.2, 0) is 6.54 Å². The molecule has 6 nitrogen and oxygen atoms in total. The van der Waals surface area contributed by atoms with Gasteiger partial charge in [0, 0.05) is 52.0 Å². The highest BCUT2D eigenvalue weighted by Crippen LogP contribution is 2.21. The molecule has 4 rings (SSSR count). The van der Waals surface area contributed by atoms with E-state index >= 15 is 0 Å². The number of rotatable bonds is 5. The third-order valence-electron chi connectivity index (χ3n) is 5.76. The number of halogens is 1. The summed E-state index contributed by atoms with van der Waals surface area (Å²) in [6.07, 6.45) is 4.37. The van der Waals surface area contributed by atoms with Crippen LogP contribution < -0.4 is 15.1 Å². The summed E-state index contributed by atoms with van der Waals surface area (Å²) in [6.45, 7) is 8.90. The molecule has 2 aliphatic rings. The molecule has 0 amide bonds. The predicted molar refractivity (Wildman–Crippen MR) is 121 cm³/mol. The maximum Gasteiger partial charge on any atom is 0.194 e. The number of nitrogens with zero attached hydrogens (tertiary/aromatic N) is 5. The molecule has 0 atom stereocenters. The van der Waals surface area contributed by atoms with Crippen molar-refractivity contribution in [2.24, 2.45) is 4.99 Å². The monoisotopic (exact) mass is 410 g/mol. The molecule has 1 aromatic heterocycles. The smallest absolute Gasteiger partial charge is 0.194 e. The number of hydrogen-bond acceptors (Lipinski definition) is 4. The van der Waals surface area contributed by atoms with Crippen molar-refractivity contribution >= 4 is 17.5 Å². The first kappa shape index (κ1) is 20.4. The van der Waals surface area contributed by atoms with Gasteiger partial charge in [-0.05, 0) is 49.6 Å². The number of benzene rings is 1. The maximum absolute atomic E-state index is 14.1. The van der Waals surface area contributed by atoms with E-state index in [9.17, 15) is 4.39 Å². The minimum absolute atomic E-state index is 0.155. The molecule has 0 bridgehead atoms.